The summed E-state index contributed by atoms with van der Waals surface area (Å²) in [4.78, 5) is 4.50. The van der Waals surface area contributed by atoms with Crippen LogP contribution < -0.4 is 5.32 Å². The molecular formula is C59H47N3OS2. The lowest BCUT2D eigenvalue weighted by Gasteiger charge is -2.18. The summed E-state index contributed by atoms with van der Waals surface area (Å²) < 4.78 is 11.6. The Hall–Kier alpha value is -7.38. The number of rotatable bonds is 9. The fourth-order valence-corrected chi connectivity index (χ4v) is 11.2. The third kappa shape index (κ3) is 8.08. The minimum atomic E-state index is -0.558. The average molecular weight is 878 g/mol. The number of amidine groups is 1. The summed E-state index contributed by atoms with van der Waals surface area (Å²) >= 11 is 3.70. The third-order valence-corrected chi connectivity index (χ3v) is 14.3. The first-order chi connectivity index (χ1) is 31.9. The predicted molar refractivity (Wildman–Crippen MR) is 283 cm³/mol. The van der Waals surface area contributed by atoms with E-state index in [0.29, 0.717) is 0 Å². The summed E-state index contributed by atoms with van der Waals surface area (Å²) in [5.41, 5.74) is 11.7. The maximum atomic E-state index is 9.03. The molecule has 65 heavy (non-hydrogen) atoms. The minimum absolute atomic E-state index is 0.279. The SMILES string of the molecule is C=NC(NC(=N)c1ccc(C(/C=C\C)=C/CC)cc1)c1cccc2oc3ccc(-c4cccc5sc6cc(-c7ccc8c(c7)sc7ccccc78)ccc6c45)cc3c12.Cc1ccccc1. The third-order valence-electron chi connectivity index (χ3n) is 12.0. The van der Waals surface area contributed by atoms with Gasteiger partial charge in [0.2, 0.25) is 0 Å². The van der Waals surface area contributed by atoms with E-state index in [-0.39, 0.29) is 5.84 Å². The van der Waals surface area contributed by atoms with E-state index in [1.54, 1.807) is 0 Å². The Kier molecular flexibility index (Phi) is 11.5. The number of aliphatic imine (C=N–C) groups is 1. The van der Waals surface area contributed by atoms with E-state index in [1.807, 2.05) is 72.1 Å². The van der Waals surface area contributed by atoms with Gasteiger partial charge < -0.3 is 9.73 Å². The van der Waals surface area contributed by atoms with Gasteiger partial charge in [-0.15, -0.1) is 22.7 Å². The number of thiophene rings is 2. The van der Waals surface area contributed by atoms with Gasteiger partial charge in [0.1, 0.15) is 23.2 Å². The normalized spacial score (nSPS) is 12.4. The maximum Gasteiger partial charge on any atom is 0.145 e. The molecule has 0 saturated carbocycles. The molecule has 2 N–H and O–H groups in total. The summed E-state index contributed by atoms with van der Waals surface area (Å²) in [5, 5.41) is 19.5. The molecular weight excluding hydrogens is 831 g/mol. The monoisotopic (exact) mass is 877 g/mol. The van der Waals surface area contributed by atoms with Gasteiger partial charge in [0.25, 0.3) is 0 Å². The molecule has 4 nitrogen and oxygen atoms in total. The predicted octanol–water partition coefficient (Wildman–Crippen LogP) is 17.3. The average Bonchev–Trinajstić information content (AvgIpc) is 4.04. The van der Waals surface area contributed by atoms with Gasteiger partial charge in [-0.05, 0) is 103 Å². The van der Waals surface area contributed by atoms with Gasteiger partial charge in [0.05, 0.1) is 0 Å². The number of hydrogen-bond acceptors (Lipinski definition) is 5. The van der Waals surface area contributed by atoms with Gasteiger partial charge in [-0.1, -0.05) is 158 Å². The molecule has 0 fully saturated rings. The van der Waals surface area contributed by atoms with Crippen molar-refractivity contribution in [3.05, 3.63) is 210 Å². The first-order valence-electron chi connectivity index (χ1n) is 22.0. The smallest absolute Gasteiger partial charge is 0.145 e. The quantitative estimate of drug-likeness (QED) is 0.0862. The van der Waals surface area contributed by atoms with Gasteiger partial charge in [-0.2, -0.15) is 0 Å². The Morgan fingerprint density at radius 2 is 1.29 bits per heavy atom. The van der Waals surface area contributed by atoms with Crippen LogP contribution in [0.1, 0.15) is 48.7 Å². The van der Waals surface area contributed by atoms with Crippen molar-refractivity contribution in [3.63, 3.8) is 0 Å². The molecule has 3 heterocycles. The van der Waals surface area contributed by atoms with E-state index in [1.165, 1.54) is 68.2 Å². The van der Waals surface area contributed by atoms with Crippen LogP contribution in [-0.4, -0.2) is 12.6 Å². The molecule has 6 heteroatoms. The van der Waals surface area contributed by atoms with Gasteiger partial charge >= 0.3 is 0 Å². The van der Waals surface area contributed by atoms with Crippen LogP contribution in [0.3, 0.4) is 0 Å². The molecule has 11 rings (SSSR count). The second-order valence-electron chi connectivity index (χ2n) is 16.2. The zero-order chi connectivity index (χ0) is 44.4. The van der Waals surface area contributed by atoms with Crippen LogP contribution in [0.2, 0.25) is 0 Å². The van der Waals surface area contributed by atoms with Crippen molar-refractivity contribution >= 4 is 103 Å². The van der Waals surface area contributed by atoms with Gasteiger partial charge in [0.15, 0.2) is 0 Å². The van der Waals surface area contributed by atoms with Crippen molar-refractivity contribution in [3.8, 4) is 22.3 Å². The molecule has 0 radical (unpaired) electrons. The Bertz CT molecular complexity index is 3630. The lowest BCUT2D eigenvalue weighted by Crippen LogP contribution is -2.27. The number of furan rings is 1. The lowest BCUT2D eigenvalue weighted by atomic mass is 9.96. The molecule has 0 saturated heterocycles. The van der Waals surface area contributed by atoms with Gasteiger partial charge in [-0.3, -0.25) is 10.4 Å². The number of hydrogen-bond donors (Lipinski definition) is 2. The van der Waals surface area contributed by atoms with E-state index >= 15 is 0 Å². The highest BCUT2D eigenvalue weighted by Crippen LogP contribution is 2.44. The van der Waals surface area contributed by atoms with Crippen LogP contribution in [-0.2, 0) is 0 Å². The van der Waals surface area contributed by atoms with Gasteiger partial charge in [0, 0.05) is 62.2 Å². The van der Waals surface area contributed by atoms with Crippen molar-refractivity contribution < 1.29 is 4.42 Å². The highest BCUT2D eigenvalue weighted by molar-refractivity contribution is 7.26. The van der Waals surface area contributed by atoms with Crippen LogP contribution >= 0.6 is 22.7 Å². The summed E-state index contributed by atoms with van der Waals surface area (Å²) in [6.45, 7) is 10.2. The molecule has 0 aliphatic heterocycles. The summed E-state index contributed by atoms with van der Waals surface area (Å²) in [6.07, 6.45) is 6.78. The van der Waals surface area contributed by atoms with Crippen molar-refractivity contribution in [1.82, 2.24) is 5.32 Å². The Morgan fingerprint density at radius 3 is 2.03 bits per heavy atom. The van der Waals surface area contributed by atoms with E-state index in [2.05, 4.69) is 176 Å². The largest absolute Gasteiger partial charge is 0.456 e. The molecule has 11 aromatic rings. The van der Waals surface area contributed by atoms with E-state index < -0.39 is 6.17 Å². The summed E-state index contributed by atoms with van der Waals surface area (Å²) in [7, 11) is 0. The fraction of sp³-hybridized carbons (Fsp3) is 0.0847. The number of nitrogens with one attached hydrogen (secondary N) is 2. The Balaban J connectivity index is 0.000000652. The summed E-state index contributed by atoms with van der Waals surface area (Å²) in [5.74, 6) is 0.279. The molecule has 0 bridgehead atoms. The van der Waals surface area contributed by atoms with Crippen molar-refractivity contribution in [2.75, 3.05) is 0 Å². The van der Waals surface area contributed by atoms with E-state index in [4.69, 9.17) is 9.83 Å². The number of allylic oxidation sites excluding steroid dienone is 4. The van der Waals surface area contributed by atoms with Crippen LogP contribution in [0.25, 0.3) is 90.1 Å². The number of fused-ring (bicyclic) bond motifs is 9. The highest BCUT2D eigenvalue weighted by atomic mass is 32.1. The fourth-order valence-electron chi connectivity index (χ4n) is 8.89. The van der Waals surface area contributed by atoms with Crippen LogP contribution in [0, 0.1) is 12.3 Å². The Labute approximate surface area is 387 Å². The molecule has 1 atom stereocenters. The highest BCUT2D eigenvalue weighted by Gasteiger charge is 2.20. The number of benzene rings is 8. The topological polar surface area (TPSA) is 61.4 Å². The first-order valence-corrected chi connectivity index (χ1v) is 23.6. The van der Waals surface area contributed by atoms with E-state index in [0.717, 1.165) is 50.6 Å². The molecule has 316 valence electrons. The molecule has 3 aromatic heterocycles. The zero-order valence-corrected chi connectivity index (χ0v) is 38.2. The van der Waals surface area contributed by atoms with Crippen molar-refractivity contribution in [1.29, 1.82) is 5.41 Å². The van der Waals surface area contributed by atoms with Crippen molar-refractivity contribution in [2.24, 2.45) is 4.99 Å². The van der Waals surface area contributed by atoms with Crippen LogP contribution in [0.5, 0.6) is 0 Å². The first kappa shape index (κ1) is 41.6. The summed E-state index contributed by atoms with van der Waals surface area (Å²) in [6, 6.07) is 59.9. The minimum Gasteiger partial charge on any atom is -0.456 e. The van der Waals surface area contributed by atoms with Crippen LogP contribution in [0.15, 0.2) is 197 Å². The van der Waals surface area contributed by atoms with Crippen LogP contribution in [0.4, 0.5) is 0 Å². The standard InChI is InChI=1S/C52H39N3OS2.C7H8/c1-4-10-31(11-5-2)32-18-20-33(21-19-32)51(53)55-52(54-3)41-14-8-15-44-49(41)42-28-36(24-27-43(42)56-44)37-13-9-17-46-50(37)40-26-23-35(30-48(40)58-46)34-22-25-39-38-12-6-7-16-45(38)57-47(39)29-34;1-7-5-3-2-4-6-7/h4,6-30,52H,3,5H2,1-2H3,(H2,53,55);2-6H,1H3/b10-4-,31-11+;. The zero-order valence-electron chi connectivity index (χ0n) is 36.6. The molecule has 0 amide bonds. The lowest BCUT2D eigenvalue weighted by molar-refractivity contribution is 0.664. The molecule has 0 spiro atoms. The van der Waals surface area contributed by atoms with E-state index in [9.17, 15) is 0 Å². The second-order valence-corrected chi connectivity index (χ2v) is 18.4. The molecule has 8 aromatic carbocycles. The van der Waals surface area contributed by atoms with Crippen molar-refractivity contribution in [2.45, 2.75) is 33.4 Å². The second kappa shape index (κ2) is 18.0. The molecule has 1 unspecified atom stereocenters. The van der Waals surface area contributed by atoms with Gasteiger partial charge in [-0.25, -0.2) is 0 Å². The maximum absolute atomic E-state index is 9.03. The molecule has 0 aliphatic rings. The Morgan fingerprint density at radius 1 is 0.631 bits per heavy atom. The number of aryl methyl sites for hydroxylation is 1. The molecule has 0 aliphatic carbocycles. The number of nitrogens with zero attached hydrogens (tertiary/aromatic N) is 1.